The van der Waals surface area contributed by atoms with Gasteiger partial charge in [-0.05, 0) is 42.5 Å². The van der Waals surface area contributed by atoms with E-state index in [2.05, 4.69) is 0 Å². The molecule has 0 aliphatic rings. The Labute approximate surface area is 171 Å². The number of hydrogen-bond donors (Lipinski definition) is 1. The molecule has 5 nitrogen and oxygen atoms in total. The van der Waals surface area contributed by atoms with E-state index in [0.29, 0.717) is 37.6 Å². The lowest BCUT2D eigenvalue weighted by Gasteiger charge is -2.24. The van der Waals surface area contributed by atoms with Crippen LogP contribution in [0.1, 0.15) is 37.1 Å². The summed E-state index contributed by atoms with van der Waals surface area (Å²) < 4.78 is 11.3. The molecule has 1 heterocycles. The average Bonchev–Trinajstić information content (AvgIpc) is 3.18. The van der Waals surface area contributed by atoms with Crippen LogP contribution in [0, 0.1) is 0 Å². The molecule has 0 fully saturated rings. The number of methoxy groups -OCH3 is 1. The van der Waals surface area contributed by atoms with Crippen molar-refractivity contribution in [3.8, 4) is 11.5 Å². The minimum absolute atomic E-state index is 0. The fourth-order valence-corrected chi connectivity index (χ4v) is 3.32. The van der Waals surface area contributed by atoms with Crippen LogP contribution in [0.4, 0.5) is 0 Å². The summed E-state index contributed by atoms with van der Waals surface area (Å²) in [6.45, 7) is 5.64. The fraction of sp³-hybridized carbons (Fsp3) is 0.450. The number of nitrogens with zero attached hydrogens (tertiary/aromatic N) is 1. The third-order valence-corrected chi connectivity index (χ3v) is 5.01. The highest BCUT2D eigenvalue weighted by atomic mass is 35.5. The van der Waals surface area contributed by atoms with Gasteiger partial charge in [0.25, 0.3) is 0 Å². The summed E-state index contributed by atoms with van der Waals surface area (Å²) in [5, 5.41) is 2.03. The van der Waals surface area contributed by atoms with Gasteiger partial charge in [-0.1, -0.05) is 25.5 Å². The van der Waals surface area contributed by atoms with Crippen LogP contribution in [0.2, 0.25) is 0 Å². The number of rotatable bonds is 10. The van der Waals surface area contributed by atoms with E-state index in [1.54, 1.807) is 23.3 Å². The first kappa shape index (κ1) is 23.3. The number of amides is 1. The van der Waals surface area contributed by atoms with Gasteiger partial charge in [0, 0.05) is 18.0 Å². The standard InChI is InChI=1S/C20H28N2O3S.ClH/c1-4-7-17(21)20(23)22(5-2)13-15-9-10-18(19(12-15)24-3)25-14-16-8-6-11-26-16;/h6,8-12,17H,4-5,7,13-14,21H2,1-3H3;1H. The number of benzene rings is 1. The second kappa shape index (κ2) is 11.8. The van der Waals surface area contributed by atoms with Crippen LogP contribution in [0.5, 0.6) is 11.5 Å². The number of nitrogens with two attached hydrogens (primary N) is 1. The van der Waals surface area contributed by atoms with Crippen molar-refractivity contribution in [2.24, 2.45) is 5.73 Å². The molecule has 1 unspecified atom stereocenters. The molecule has 1 aromatic carbocycles. The summed E-state index contributed by atoms with van der Waals surface area (Å²) in [7, 11) is 1.62. The Kier molecular flexibility index (Phi) is 10.2. The van der Waals surface area contributed by atoms with Crippen LogP contribution in [0.25, 0.3) is 0 Å². The van der Waals surface area contributed by atoms with Crippen LogP contribution >= 0.6 is 23.7 Å². The van der Waals surface area contributed by atoms with Crippen LogP contribution < -0.4 is 15.2 Å². The van der Waals surface area contributed by atoms with Crippen LogP contribution in [-0.2, 0) is 17.9 Å². The van der Waals surface area contributed by atoms with Crippen LogP contribution in [0.3, 0.4) is 0 Å². The quantitative estimate of drug-likeness (QED) is 0.634. The van der Waals surface area contributed by atoms with Crippen molar-refractivity contribution < 1.29 is 14.3 Å². The first-order valence-electron chi connectivity index (χ1n) is 8.95. The number of carbonyl (C=O) groups is 1. The molecule has 0 saturated heterocycles. The predicted octanol–water partition coefficient (Wildman–Crippen LogP) is 4.23. The van der Waals surface area contributed by atoms with E-state index in [0.717, 1.165) is 16.9 Å². The Hall–Kier alpha value is -1.76. The van der Waals surface area contributed by atoms with E-state index in [-0.39, 0.29) is 18.3 Å². The van der Waals surface area contributed by atoms with Gasteiger partial charge in [-0.15, -0.1) is 23.7 Å². The lowest BCUT2D eigenvalue weighted by Crippen LogP contribution is -2.43. The van der Waals surface area contributed by atoms with Crippen molar-refractivity contribution in [1.29, 1.82) is 0 Å². The van der Waals surface area contributed by atoms with Gasteiger partial charge >= 0.3 is 0 Å². The van der Waals surface area contributed by atoms with Gasteiger partial charge < -0.3 is 20.1 Å². The maximum atomic E-state index is 12.5. The van der Waals surface area contributed by atoms with Crippen molar-refractivity contribution in [3.05, 3.63) is 46.2 Å². The fourth-order valence-electron chi connectivity index (χ4n) is 2.71. The molecule has 0 saturated carbocycles. The van der Waals surface area contributed by atoms with Gasteiger partial charge in [0.2, 0.25) is 5.91 Å². The Morgan fingerprint density at radius 1 is 1.26 bits per heavy atom. The van der Waals surface area contributed by atoms with Gasteiger partial charge in [-0.2, -0.15) is 0 Å². The molecule has 0 bridgehead atoms. The monoisotopic (exact) mass is 412 g/mol. The molecule has 150 valence electrons. The molecule has 2 rings (SSSR count). The first-order chi connectivity index (χ1) is 12.6. The molecular formula is C20H29ClN2O3S. The summed E-state index contributed by atoms with van der Waals surface area (Å²) >= 11 is 1.66. The van der Waals surface area contributed by atoms with E-state index in [4.69, 9.17) is 15.2 Å². The van der Waals surface area contributed by atoms with Gasteiger partial charge in [0.05, 0.1) is 13.2 Å². The van der Waals surface area contributed by atoms with Crippen LogP contribution in [-0.4, -0.2) is 30.5 Å². The molecule has 1 aromatic heterocycles. The highest BCUT2D eigenvalue weighted by Crippen LogP contribution is 2.29. The lowest BCUT2D eigenvalue weighted by molar-refractivity contribution is -0.133. The van der Waals surface area contributed by atoms with E-state index in [1.807, 2.05) is 49.6 Å². The van der Waals surface area contributed by atoms with E-state index >= 15 is 0 Å². The summed E-state index contributed by atoms with van der Waals surface area (Å²) in [6.07, 6.45) is 1.60. The topological polar surface area (TPSA) is 64.8 Å². The zero-order chi connectivity index (χ0) is 18.9. The Morgan fingerprint density at radius 2 is 2.04 bits per heavy atom. The summed E-state index contributed by atoms with van der Waals surface area (Å²) in [5.74, 6) is 1.36. The minimum Gasteiger partial charge on any atom is -0.493 e. The molecule has 0 aliphatic heterocycles. The molecular weight excluding hydrogens is 384 g/mol. The third kappa shape index (κ3) is 6.72. The average molecular weight is 413 g/mol. The highest BCUT2D eigenvalue weighted by molar-refractivity contribution is 7.09. The number of likely N-dealkylation sites (N-methyl/N-ethyl adjacent to an activating group) is 1. The summed E-state index contributed by atoms with van der Waals surface area (Å²) in [4.78, 5) is 15.4. The molecule has 1 amide bonds. The van der Waals surface area contributed by atoms with Crippen LogP contribution in [0.15, 0.2) is 35.7 Å². The maximum Gasteiger partial charge on any atom is 0.239 e. The minimum atomic E-state index is -0.435. The third-order valence-electron chi connectivity index (χ3n) is 4.16. The maximum absolute atomic E-state index is 12.5. The van der Waals surface area contributed by atoms with Gasteiger partial charge in [0.1, 0.15) is 6.61 Å². The molecule has 2 N–H and O–H groups in total. The SMILES string of the molecule is CCCC(N)C(=O)N(CC)Cc1ccc(OCc2cccs2)c(OC)c1.Cl. The van der Waals surface area contributed by atoms with Crippen molar-refractivity contribution in [2.75, 3.05) is 13.7 Å². The number of hydrogen-bond acceptors (Lipinski definition) is 5. The normalized spacial score (nSPS) is 11.4. The molecule has 1 atom stereocenters. The highest BCUT2D eigenvalue weighted by Gasteiger charge is 2.19. The molecule has 27 heavy (non-hydrogen) atoms. The largest absolute Gasteiger partial charge is 0.493 e. The smallest absolute Gasteiger partial charge is 0.239 e. The van der Waals surface area contributed by atoms with E-state index in [1.165, 1.54) is 0 Å². The molecule has 2 aromatic rings. The van der Waals surface area contributed by atoms with Gasteiger partial charge in [-0.3, -0.25) is 4.79 Å². The Bertz CT molecular complexity index is 695. The summed E-state index contributed by atoms with van der Waals surface area (Å²) in [6, 6.07) is 9.39. The summed E-state index contributed by atoms with van der Waals surface area (Å²) in [5.41, 5.74) is 6.98. The van der Waals surface area contributed by atoms with Crippen molar-refractivity contribution >= 4 is 29.7 Å². The number of carbonyl (C=O) groups excluding carboxylic acids is 1. The Morgan fingerprint density at radius 3 is 2.63 bits per heavy atom. The van der Waals surface area contributed by atoms with Crippen molar-refractivity contribution in [1.82, 2.24) is 4.90 Å². The second-order valence-electron chi connectivity index (χ2n) is 6.10. The zero-order valence-electron chi connectivity index (χ0n) is 16.1. The second-order valence-corrected chi connectivity index (χ2v) is 7.13. The molecule has 0 aliphatic carbocycles. The molecule has 0 radical (unpaired) electrons. The number of ether oxygens (including phenoxy) is 2. The zero-order valence-corrected chi connectivity index (χ0v) is 17.8. The first-order valence-corrected chi connectivity index (χ1v) is 9.83. The van der Waals surface area contributed by atoms with E-state index < -0.39 is 6.04 Å². The van der Waals surface area contributed by atoms with Gasteiger partial charge in [-0.25, -0.2) is 0 Å². The molecule has 0 spiro atoms. The number of halogens is 1. The van der Waals surface area contributed by atoms with Crippen molar-refractivity contribution in [2.45, 2.75) is 45.9 Å². The molecule has 7 heteroatoms. The van der Waals surface area contributed by atoms with E-state index in [9.17, 15) is 4.79 Å². The van der Waals surface area contributed by atoms with Crippen molar-refractivity contribution in [3.63, 3.8) is 0 Å². The predicted molar refractivity (Wildman–Crippen MR) is 113 cm³/mol. The number of thiophene rings is 1. The Balaban J connectivity index is 0.00000364. The lowest BCUT2D eigenvalue weighted by atomic mass is 10.1. The van der Waals surface area contributed by atoms with Gasteiger partial charge in [0.15, 0.2) is 11.5 Å².